The first-order chi connectivity index (χ1) is 3.15. The molecular weight excluding hydrogens is 453 g/mol. The number of hydrogen-bond donors (Lipinski definition) is 0. The van der Waals surface area contributed by atoms with Crippen LogP contribution in [0.3, 0.4) is 0 Å². The average molecular weight is 453 g/mol. The second-order valence-corrected chi connectivity index (χ2v) is 30.3. The van der Waals surface area contributed by atoms with Crippen molar-refractivity contribution in [3.63, 3.8) is 0 Å². The van der Waals surface area contributed by atoms with Crippen molar-refractivity contribution in [2.24, 2.45) is 0 Å². The van der Waals surface area contributed by atoms with E-state index >= 15 is 0 Å². The van der Waals surface area contributed by atoms with Crippen LogP contribution in [-0.4, -0.2) is 11.4 Å². The van der Waals surface area contributed by atoms with E-state index in [4.69, 9.17) is 30.1 Å². The van der Waals surface area contributed by atoms with Gasteiger partial charge in [0.05, 0.1) is 0 Å². The van der Waals surface area contributed by atoms with E-state index in [9.17, 15) is 0 Å². The van der Waals surface area contributed by atoms with Crippen LogP contribution in [-0.2, 0) is 10.1 Å². The molecule has 0 aliphatic heterocycles. The Morgan fingerprint density at radius 1 is 1.14 bits per heavy atom. The summed E-state index contributed by atoms with van der Waals surface area (Å²) in [6.07, 6.45) is 0. The summed E-state index contributed by atoms with van der Waals surface area (Å²) in [5.74, 6) is 0. The molecule has 0 aromatic heterocycles. The quantitative estimate of drug-likeness (QED) is 0.390. The Hall–Kier alpha value is 3.49. The third-order valence-corrected chi connectivity index (χ3v) is 0. The molecule has 7 heavy (non-hydrogen) atoms. The van der Waals surface area contributed by atoms with Gasteiger partial charge in [-0.1, -0.05) is 0 Å². The standard InChI is InChI=1S/Al.3ClH.2HI.Zn/h;5*1H;/q+3;;;;;;+2/p-5. The molecule has 0 aliphatic carbocycles. The first-order valence-electron chi connectivity index (χ1n) is 1.19. The third kappa shape index (κ3) is 43.7. The van der Waals surface area contributed by atoms with Gasteiger partial charge in [-0.25, -0.2) is 30.1 Å². The molecule has 0 amide bonds. The van der Waals surface area contributed by atoms with Crippen molar-refractivity contribution in [2.45, 2.75) is 0 Å². The van der Waals surface area contributed by atoms with Crippen molar-refractivity contribution in [1.29, 1.82) is 0 Å². The van der Waals surface area contributed by atoms with Gasteiger partial charge in [-0.3, -0.25) is 0 Å². The van der Waals surface area contributed by atoms with Crippen molar-refractivity contribution >= 4 is 81.0 Å². The molecule has 0 bridgehead atoms. The Kier molecular flexibility index (Phi) is 22.8. The van der Waals surface area contributed by atoms with Crippen molar-refractivity contribution in [1.82, 2.24) is 0 Å². The zero-order chi connectivity index (χ0) is 6.28. The van der Waals surface area contributed by atoms with Gasteiger partial charge < -0.3 is 0 Å². The van der Waals surface area contributed by atoms with Crippen LogP contribution in [0.5, 0.6) is 0 Å². The van der Waals surface area contributed by atoms with Gasteiger partial charge in [0.15, 0.2) is 0 Å². The average Bonchev–Trinajstić information content (AvgIpc) is 1.33. The molecule has 0 aliphatic rings. The fourth-order valence-electron chi connectivity index (χ4n) is 0. The van der Waals surface area contributed by atoms with Crippen LogP contribution in [0.25, 0.3) is 0 Å². The third-order valence-electron chi connectivity index (χ3n) is 0. The summed E-state index contributed by atoms with van der Waals surface area (Å²) in [7, 11) is 14.9. The molecule has 0 nitrogen and oxygen atoms in total. The van der Waals surface area contributed by atoms with Crippen LogP contribution in [0.1, 0.15) is 0 Å². The summed E-state index contributed by atoms with van der Waals surface area (Å²) < 4.78 is 0. The molecule has 0 fully saturated rings. The van der Waals surface area contributed by atoms with Crippen LogP contribution >= 0.6 is 69.6 Å². The predicted octanol–water partition coefficient (Wildman–Crippen LogP) is 3.46. The van der Waals surface area contributed by atoms with Gasteiger partial charge in [-0.2, -0.15) is 0 Å². The van der Waals surface area contributed by atoms with Crippen molar-refractivity contribution < 1.29 is 10.1 Å². The Balaban J connectivity index is 0. The molecule has 0 saturated heterocycles. The minimum absolute atomic E-state index is 0.0650. The molecule has 7 heteroatoms. The van der Waals surface area contributed by atoms with E-state index in [1.165, 1.54) is 0 Å². The van der Waals surface area contributed by atoms with E-state index in [0.717, 1.165) is 0 Å². The Labute approximate surface area is 89.0 Å². The molecule has 0 heterocycles. The number of hydrogen-bond acceptors (Lipinski definition) is 0. The molecule has 0 saturated carbocycles. The molecule has 0 spiro atoms. The van der Waals surface area contributed by atoms with Crippen LogP contribution in [0.2, 0.25) is 0 Å². The second kappa shape index (κ2) is 12.2. The van der Waals surface area contributed by atoms with Crippen molar-refractivity contribution in [3.8, 4) is 0 Å². The van der Waals surface area contributed by atoms with E-state index in [1.54, 1.807) is 0 Å². The summed E-state index contributed by atoms with van der Waals surface area (Å²) in [5.41, 5.74) is 0. The topological polar surface area (TPSA) is 0 Å². The first kappa shape index (κ1) is 13.1. The van der Waals surface area contributed by atoms with E-state index < -0.39 is 11.4 Å². The van der Waals surface area contributed by atoms with Gasteiger partial charge in [0.1, 0.15) is 0 Å². The van der Waals surface area contributed by atoms with Crippen LogP contribution in [0.15, 0.2) is 0 Å². The Morgan fingerprint density at radius 2 is 1.14 bits per heavy atom. The molecule has 0 aromatic carbocycles. The maximum atomic E-state index is 4.94. The predicted molar refractivity (Wildman–Crippen MR) is 51.4 cm³/mol. The van der Waals surface area contributed by atoms with Gasteiger partial charge in [0.2, 0.25) is 0 Å². The maximum absolute atomic E-state index is 4.94. The molecular formula is AlCl3I2Zn. The van der Waals surface area contributed by atoms with Gasteiger partial charge in [-0.15, -0.1) is 0 Å². The van der Waals surface area contributed by atoms with Gasteiger partial charge in [0.25, 0.3) is 0 Å². The van der Waals surface area contributed by atoms with Crippen LogP contribution in [0, 0.1) is 0 Å². The van der Waals surface area contributed by atoms with Crippen LogP contribution in [0.4, 0.5) is 0 Å². The fraction of sp³-hybridized carbons (Fsp3) is 0. The summed E-state index contributed by atoms with van der Waals surface area (Å²) in [5, 5.41) is 0. The molecule has 0 rings (SSSR count). The van der Waals surface area contributed by atoms with E-state index in [2.05, 4.69) is 39.5 Å². The minimum atomic E-state index is -1.72. The normalized spacial score (nSPS) is 5.29. The summed E-state index contributed by atoms with van der Waals surface area (Å²) in [6, 6.07) is 0. The van der Waals surface area contributed by atoms with Crippen LogP contribution < -0.4 is 0 Å². The van der Waals surface area contributed by atoms with Crippen molar-refractivity contribution in [3.05, 3.63) is 0 Å². The fourth-order valence-corrected chi connectivity index (χ4v) is 0. The monoisotopic (exact) mass is 450 g/mol. The molecule has 40 valence electrons. The van der Waals surface area contributed by atoms with Gasteiger partial charge in [0, 0.05) is 0 Å². The number of halogens is 5. The zero-order valence-corrected chi connectivity index (χ0v) is 13.9. The van der Waals surface area contributed by atoms with E-state index in [1.807, 2.05) is 0 Å². The molecule has 0 radical (unpaired) electrons. The van der Waals surface area contributed by atoms with Gasteiger partial charge in [-0.05, 0) is 0 Å². The second-order valence-electron chi connectivity index (χ2n) is 0.348. The number of rotatable bonds is 0. The molecule has 0 aromatic rings. The first-order valence-corrected chi connectivity index (χ1v) is 24.5. The van der Waals surface area contributed by atoms with E-state index in [-0.39, 0.29) is 10.1 Å². The Morgan fingerprint density at radius 3 is 1.14 bits per heavy atom. The van der Waals surface area contributed by atoms with Crippen molar-refractivity contribution in [2.75, 3.05) is 0 Å². The zero-order valence-electron chi connectivity index (χ0n) is 3.17. The van der Waals surface area contributed by atoms with Gasteiger partial charge >= 0.3 is 61.0 Å². The molecule has 0 atom stereocenters. The summed E-state index contributed by atoms with van der Waals surface area (Å²) in [4.78, 5) is 0. The summed E-state index contributed by atoms with van der Waals surface area (Å²) >= 11 is 3.20. The SMILES string of the molecule is [Cl][Al]([Cl])[Cl].[I][Zn][I]. The summed E-state index contributed by atoms with van der Waals surface area (Å²) in [6.45, 7) is 0. The van der Waals surface area contributed by atoms with E-state index in [0.29, 0.717) is 0 Å². The Bertz CT molecular complexity index is 24.1. The molecule has 0 unspecified atom stereocenters. The molecule has 0 N–H and O–H groups in total.